The van der Waals surface area contributed by atoms with Gasteiger partial charge in [-0.05, 0) is 31.9 Å². The lowest BCUT2D eigenvalue weighted by atomic mass is 10.1. The second kappa shape index (κ2) is 5.22. The SMILES string of the molecule is Cc1ccc2oc(C(=O)N3CCC[C@@H]3c3cnn(C)c3)cc2n1. The number of fused-ring (bicyclic) bond motifs is 1. The summed E-state index contributed by atoms with van der Waals surface area (Å²) in [6.07, 6.45) is 5.75. The highest BCUT2D eigenvalue weighted by Crippen LogP contribution is 2.33. The standard InChI is InChI=1S/C17H18N4O2/c1-11-5-6-15-13(19-11)8-16(23-15)17(22)21-7-3-4-14(21)12-9-18-20(2)10-12/h5-6,8-10,14H,3-4,7H2,1-2H3/t14-/m1/s1. The van der Waals surface area contributed by atoms with Crippen LogP contribution in [0.4, 0.5) is 0 Å². The molecule has 1 aliphatic rings. The fraction of sp³-hybridized carbons (Fsp3) is 0.353. The van der Waals surface area contributed by atoms with Gasteiger partial charge in [0.05, 0.1) is 12.2 Å². The molecule has 3 aromatic heterocycles. The summed E-state index contributed by atoms with van der Waals surface area (Å²) in [4.78, 5) is 19.2. The van der Waals surface area contributed by atoms with Crippen molar-refractivity contribution in [3.8, 4) is 0 Å². The van der Waals surface area contributed by atoms with E-state index in [2.05, 4.69) is 10.1 Å². The Kier molecular flexibility index (Phi) is 3.18. The summed E-state index contributed by atoms with van der Waals surface area (Å²) in [6, 6.07) is 5.55. The third-order valence-electron chi connectivity index (χ3n) is 4.35. The Balaban J connectivity index is 1.66. The average Bonchev–Trinajstić information content (AvgIpc) is 3.23. The van der Waals surface area contributed by atoms with E-state index in [0.717, 1.165) is 36.2 Å². The van der Waals surface area contributed by atoms with Crippen LogP contribution in [-0.4, -0.2) is 32.1 Å². The molecule has 0 bridgehead atoms. The van der Waals surface area contributed by atoms with Crippen molar-refractivity contribution in [2.24, 2.45) is 7.05 Å². The number of carbonyl (C=O) groups excluding carboxylic acids is 1. The van der Waals surface area contributed by atoms with Crippen LogP contribution in [0.25, 0.3) is 11.1 Å². The van der Waals surface area contributed by atoms with Crippen molar-refractivity contribution in [2.45, 2.75) is 25.8 Å². The van der Waals surface area contributed by atoms with Crippen molar-refractivity contribution in [1.29, 1.82) is 0 Å². The first kappa shape index (κ1) is 14.0. The Morgan fingerprint density at radius 3 is 3.04 bits per heavy atom. The number of carbonyl (C=O) groups is 1. The summed E-state index contributed by atoms with van der Waals surface area (Å²) in [5, 5.41) is 4.22. The molecule has 3 aromatic rings. The van der Waals surface area contributed by atoms with Gasteiger partial charge in [-0.25, -0.2) is 4.98 Å². The van der Waals surface area contributed by atoms with E-state index >= 15 is 0 Å². The molecule has 0 radical (unpaired) electrons. The minimum absolute atomic E-state index is 0.0686. The number of furan rings is 1. The quantitative estimate of drug-likeness (QED) is 0.730. The molecule has 6 heteroatoms. The third kappa shape index (κ3) is 2.40. The Morgan fingerprint density at radius 2 is 2.26 bits per heavy atom. The summed E-state index contributed by atoms with van der Waals surface area (Å²) in [5.74, 6) is 0.279. The van der Waals surface area contributed by atoms with Crippen LogP contribution < -0.4 is 0 Å². The lowest BCUT2D eigenvalue weighted by Crippen LogP contribution is -2.30. The van der Waals surface area contributed by atoms with Gasteiger partial charge in [0.15, 0.2) is 11.3 Å². The molecule has 0 aliphatic carbocycles. The Hall–Kier alpha value is -2.63. The van der Waals surface area contributed by atoms with Gasteiger partial charge in [-0.15, -0.1) is 0 Å². The Labute approximate surface area is 133 Å². The van der Waals surface area contributed by atoms with E-state index in [-0.39, 0.29) is 11.9 Å². The summed E-state index contributed by atoms with van der Waals surface area (Å²) < 4.78 is 7.48. The maximum atomic E-state index is 12.9. The lowest BCUT2D eigenvalue weighted by molar-refractivity contribution is 0.0705. The predicted octanol–water partition coefficient (Wildman–Crippen LogP) is 2.85. The number of hydrogen-bond acceptors (Lipinski definition) is 4. The van der Waals surface area contributed by atoms with Crippen molar-refractivity contribution in [2.75, 3.05) is 6.54 Å². The molecule has 23 heavy (non-hydrogen) atoms. The molecular formula is C17H18N4O2. The van der Waals surface area contributed by atoms with Crippen molar-refractivity contribution < 1.29 is 9.21 Å². The maximum absolute atomic E-state index is 12.9. The first-order valence-corrected chi connectivity index (χ1v) is 7.78. The highest BCUT2D eigenvalue weighted by molar-refractivity contribution is 5.95. The number of rotatable bonds is 2. The largest absolute Gasteiger partial charge is 0.449 e. The second-order valence-electron chi connectivity index (χ2n) is 6.05. The third-order valence-corrected chi connectivity index (χ3v) is 4.35. The van der Waals surface area contributed by atoms with Gasteiger partial charge in [0.25, 0.3) is 5.91 Å². The van der Waals surface area contributed by atoms with Gasteiger partial charge >= 0.3 is 0 Å². The number of hydrogen-bond donors (Lipinski definition) is 0. The fourth-order valence-electron chi connectivity index (χ4n) is 3.24. The van der Waals surface area contributed by atoms with Crippen molar-refractivity contribution >= 4 is 17.0 Å². The molecule has 0 N–H and O–H groups in total. The Bertz CT molecular complexity index is 880. The monoisotopic (exact) mass is 310 g/mol. The summed E-state index contributed by atoms with van der Waals surface area (Å²) in [7, 11) is 1.89. The van der Waals surface area contributed by atoms with Crippen LogP contribution in [0, 0.1) is 6.92 Å². The zero-order valence-corrected chi connectivity index (χ0v) is 13.2. The number of amides is 1. The number of nitrogens with zero attached hydrogens (tertiary/aromatic N) is 4. The van der Waals surface area contributed by atoms with E-state index < -0.39 is 0 Å². The van der Waals surface area contributed by atoms with Crippen molar-refractivity contribution in [3.05, 3.63) is 47.6 Å². The lowest BCUT2D eigenvalue weighted by Gasteiger charge is -2.22. The molecule has 1 amide bonds. The average molecular weight is 310 g/mol. The molecule has 0 aromatic carbocycles. The van der Waals surface area contributed by atoms with E-state index in [1.165, 1.54) is 0 Å². The molecule has 1 aliphatic heterocycles. The molecule has 0 unspecified atom stereocenters. The van der Waals surface area contributed by atoms with Crippen LogP contribution >= 0.6 is 0 Å². The van der Waals surface area contributed by atoms with Crippen LogP contribution in [-0.2, 0) is 7.05 Å². The minimum atomic E-state index is -0.0768. The molecular weight excluding hydrogens is 292 g/mol. The minimum Gasteiger partial charge on any atom is -0.449 e. The molecule has 6 nitrogen and oxygen atoms in total. The number of aryl methyl sites for hydroxylation is 2. The second-order valence-corrected chi connectivity index (χ2v) is 6.05. The molecule has 4 rings (SSSR count). The van der Waals surface area contributed by atoms with Gasteiger partial charge in [0.1, 0.15) is 5.52 Å². The molecule has 1 saturated heterocycles. The molecule has 1 atom stereocenters. The normalized spacial score (nSPS) is 18.0. The van der Waals surface area contributed by atoms with Gasteiger partial charge in [-0.3, -0.25) is 9.48 Å². The van der Waals surface area contributed by atoms with Crippen LogP contribution in [0.3, 0.4) is 0 Å². The number of aromatic nitrogens is 3. The molecule has 0 spiro atoms. The zero-order chi connectivity index (χ0) is 16.0. The first-order valence-electron chi connectivity index (χ1n) is 7.78. The molecule has 0 saturated carbocycles. The van der Waals surface area contributed by atoms with Gasteiger partial charge in [-0.1, -0.05) is 0 Å². The zero-order valence-electron chi connectivity index (χ0n) is 13.2. The van der Waals surface area contributed by atoms with Crippen molar-refractivity contribution in [3.63, 3.8) is 0 Å². The van der Waals surface area contributed by atoms with E-state index in [0.29, 0.717) is 11.3 Å². The number of likely N-dealkylation sites (tertiary alicyclic amines) is 1. The van der Waals surface area contributed by atoms with Crippen molar-refractivity contribution in [1.82, 2.24) is 19.7 Å². The number of pyridine rings is 1. The highest BCUT2D eigenvalue weighted by atomic mass is 16.3. The Morgan fingerprint density at radius 1 is 1.39 bits per heavy atom. The molecule has 4 heterocycles. The van der Waals surface area contributed by atoms with Crippen LogP contribution in [0.15, 0.2) is 35.0 Å². The highest BCUT2D eigenvalue weighted by Gasteiger charge is 2.33. The van der Waals surface area contributed by atoms with E-state index in [1.807, 2.05) is 43.4 Å². The van der Waals surface area contributed by atoms with E-state index in [9.17, 15) is 4.79 Å². The van der Waals surface area contributed by atoms with Crippen LogP contribution in [0.2, 0.25) is 0 Å². The molecule has 118 valence electrons. The predicted molar refractivity (Wildman–Crippen MR) is 85.0 cm³/mol. The first-order chi connectivity index (χ1) is 11.1. The topological polar surface area (TPSA) is 64.2 Å². The summed E-state index contributed by atoms with van der Waals surface area (Å²) in [6.45, 7) is 2.66. The summed E-state index contributed by atoms with van der Waals surface area (Å²) >= 11 is 0. The van der Waals surface area contributed by atoms with Gasteiger partial charge in [0, 0.05) is 37.1 Å². The van der Waals surface area contributed by atoms with E-state index in [4.69, 9.17) is 4.42 Å². The maximum Gasteiger partial charge on any atom is 0.290 e. The van der Waals surface area contributed by atoms with Gasteiger partial charge in [0.2, 0.25) is 0 Å². The van der Waals surface area contributed by atoms with Crippen LogP contribution in [0.1, 0.15) is 40.7 Å². The molecule has 1 fully saturated rings. The van der Waals surface area contributed by atoms with Gasteiger partial charge < -0.3 is 9.32 Å². The fourth-order valence-corrected chi connectivity index (χ4v) is 3.24. The van der Waals surface area contributed by atoms with E-state index in [1.54, 1.807) is 10.7 Å². The van der Waals surface area contributed by atoms with Gasteiger partial charge in [-0.2, -0.15) is 5.10 Å². The van der Waals surface area contributed by atoms with Crippen LogP contribution in [0.5, 0.6) is 0 Å². The summed E-state index contributed by atoms with van der Waals surface area (Å²) in [5.41, 5.74) is 3.36. The smallest absolute Gasteiger partial charge is 0.290 e.